The smallest absolute Gasteiger partial charge is 0.416 e. The van der Waals surface area contributed by atoms with Gasteiger partial charge in [-0.25, -0.2) is 23.8 Å². The number of carbonyl (C=O) groups is 1. The average Bonchev–Trinajstić information content (AvgIpc) is 3.46. The minimum absolute atomic E-state index is 0.0943. The molecule has 40 heavy (non-hydrogen) atoms. The third kappa shape index (κ3) is 5.99. The molecular formula is C27H19F4N7O2. The average molecular weight is 549 g/mol. The molecule has 0 aliphatic carbocycles. The zero-order chi connectivity index (χ0) is 28.3. The van der Waals surface area contributed by atoms with Crippen molar-refractivity contribution in [2.75, 3.05) is 16.4 Å². The summed E-state index contributed by atoms with van der Waals surface area (Å²) in [6.07, 6.45) is 0.759. The SMILES string of the molecule is Nc1ncc(F)cc1-c1ccc(Oc2ccc(NC(=O)Nc3cc(C(F)(F)F)ccc3-n3cccn3)cn2)cc1. The number of nitrogens with one attached hydrogen (secondary N) is 2. The van der Waals surface area contributed by atoms with Gasteiger partial charge in [-0.3, -0.25) is 0 Å². The molecule has 0 bridgehead atoms. The van der Waals surface area contributed by atoms with Gasteiger partial charge in [-0.05, 0) is 54.1 Å². The van der Waals surface area contributed by atoms with Crippen LogP contribution in [0.1, 0.15) is 5.56 Å². The lowest BCUT2D eigenvalue weighted by Gasteiger charge is -2.15. The number of aromatic nitrogens is 4. The summed E-state index contributed by atoms with van der Waals surface area (Å²) < 4.78 is 60.3. The molecule has 5 rings (SSSR count). The van der Waals surface area contributed by atoms with Crippen molar-refractivity contribution in [2.24, 2.45) is 0 Å². The fourth-order valence-corrected chi connectivity index (χ4v) is 3.73. The van der Waals surface area contributed by atoms with E-state index in [-0.39, 0.29) is 28.8 Å². The van der Waals surface area contributed by atoms with Gasteiger partial charge >= 0.3 is 12.2 Å². The summed E-state index contributed by atoms with van der Waals surface area (Å²) in [6.45, 7) is 0. The van der Waals surface area contributed by atoms with Crippen LogP contribution in [0.5, 0.6) is 11.6 Å². The number of pyridine rings is 2. The first-order chi connectivity index (χ1) is 19.2. The number of nitrogens with two attached hydrogens (primary N) is 1. The van der Waals surface area contributed by atoms with E-state index in [0.717, 1.165) is 18.3 Å². The van der Waals surface area contributed by atoms with Crippen molar-refractivity contribution in [1.29, 1.82) is 0 Å². The van der Waals surface area contributed by atoms with Crippen molar-refractivity contribution in [3.05, 3.63) is 103 Å². The number of urea groups is 1. The number of hydrogen-bond acceptors (Lipinski definition) is 6. The predicted molar refractivity (Wildman–Crippen MR) is 140 cm³/mol. The van der Waals surface area contributed by atoms with Crippen LogP contribution in [0.4, 0.5) is 39.5 Å². The van der Waals surface area contributed by atoms with E-state index in [2.05, 4.69) is 25.7 Å². The minimum Gasteiger partial charge on any atom is -0.439 e. The van der Waals surface area contributed by atoms with Gasteiger partial charge in [0.05, 0.1) is 35.0 Å². The van der Waals surface area contributed by atoms with E-state index in [4.69, 9.17) is 10.5 Å². The molecule has 202 valence electrons. The lowest BCUT2D eigenvalue weighted by Crippen LogP contribution is -2.21. The van der Waals surface area contributed by atoms with Gasteiger partial charge in [-0.2, -0.15) is 18.3 Å². The Morgan fingerprint density at radius 2 is 1.75 bits per heavy atom. The van der Waals surface area contributed by atoms with Gasteiger partial charge in [0.15, 0.2) is 0 Å². The lowest BCUT2D eigenvalue weighted by molar-refractivity contribution is -0.137. The number of carbonyl (C=O) groups excluding carboxylic acids is 1. The zero-order valence-corrected chi connectivity index (χ0v) is 20.4. The lowest BCUT2D eigenvalue weighted by atomic mass is 10.1. The number of anilines is 3. The topological polar surface area (TPSA) is 120 Å². The number of hydrogen-bond donors (Lipinski definition) is 3. The van der Waals surface area contributed by atoms with Crippen molar-refractivity contribution < 1.29 is 27.1 Å². The van der Waals surface area contributed by atoms with Gasteiger partial charge in [0.2, 0.25) is 5.88 Å². The summed E-state index contributed by atoms with van der Waals surface area (Å²) in [7, 11) is 0. The summed E-state index contributed by atoms with van der Waals surface area (Å²) in [5, 5.41) is 8.97. The summed E-state index contributed by atoms with van der Waals surface area (Å²) in [4.78, 5) is 20.5. The first-order valence-electron chi connectivity index (χ1n) is 11.6. The Morgan fingerprint density at radius 1 is 0.950 bits per heavy atom. The number of rotatable bonds is 6. The first kappa shape index (κ1) is 26.2. The number of halogens is 4. The molecule has 0 fully saturated rings. The van der Waals surface area contributed by atoms with E-state index in [0.29, 0.717) is 16.9 Å². The van der Waals surface area contributed by atoms with E-state index in [9.17, 15) is 22.4 Å². The fraction of sp³-hybridized carbons (Fsp3) is 0.0370. The van der Waals surface area contributed by atoms with Crippen molar-refractivity contribution in [3.63, 3.8) is 0 Å². The molecule has 0 aliphatic rings. The van der Waals surface area contributed by atoms with E-state index >= 15 is 0 Å². The first-order valence-corrected chi connectivity index (χ1v) is 11.6. The third-order valence-corrected chi connectivity index (χ3v) is 5.59. The second kappa shape index (κ2) is 10.7. The Bertz CT molecular complexity index is 1640. The number of nitrogen functional groups attached to an aromatic ring is 1. The van der Waals surface area contributed by atoms with E-state index in [1.54, 1.807) is 30.3 Å². The van der Waals surface area contributed by atoms with Crippen molar-refractivity contribution in [2.45, 2.75) is 6.18 Å². The van der Waals surface area contributed by atoms with Crippen LogP contribution in [0.3, 0.4) is 0 Å². The van der Waals surface area contributed by atoms with Crippen LogP contribution in [0.15, 0.2) is 91.5 Å². The maximum Gasteiger partial charge on any atom is 0.416 e. The largest absolute Gasteiger partial charge is 0.439 e. The van der Waals surface area contributed by atoms with Gasteiger partial charge in [0, 0.05) is 24.0 Å². The molecule has 0 radical (unpaired) electrons. The Hall–Kier alpha value is -5.46. The summed E-state index contributed by atoms with van der Waals surface area (Å²) in [5.41, 5.74) is 6.41. The summed E-state index contributed by atoms with van der Waals surface area (Å²) >= 11 is 0. The summed E-state index contributed by atoms with van der Waals surface area (Å²) in [6, 6.07) is 14.7. The predicted octanol–water partition coefficient (Wildman–Crippen LogP) is 6.51. The van der Waals surface area contributed by atoms with Gasteiger partial charge < -0.3 is 21.1 Å². The van der Waals surface area contributed by atoms with Crippen LogP contribution in [0.25, 0.3) is 16.8 Å². The number of amides is 2. The van der Waals surface area contributed by atoms with Crippen molar-refractivity contribution in [3.8, 4) is 28.4 Å². The third-order valence-electron chi connectivity index (χ3n) is 5.59. The zero-order valence-electron chi connectivity index (χ0n) is 20.4. The van der Waals surface area contributed by atoms with Gasteiger partial charge in [0.25, 0.3) is 0 Å². The van der Waals surface area contributed by atoms with Crippen LogP contribution in [-0.2, 0) is 6.18 Å². The molecule has 0 spiro atoms. The normalized spacial score (nSPS) is 11.2. The number of alkyl halides is 3. The fourth-order valence-electron chi connectivity index (χ4n) is 3.73. The van der Waals surface area contributed by atoms with Crippen LogP contribution < -0.4 is 21.1 Å². The standard InChI is InChI=1S/C27H19F4N7O2/c28-18-13-21(25(32)34-14-18)16-2-6-20(7-3-16)40-24-9-5-19(15-33-24)36-26(39)37-22-12-17(27(29,30)31)4-8-23(22)38-11-1-10-35-38/h1-15H,(H2,32,34)(H2,36,37,39). The Labute approximate surface area is 224 Å². The van der Waals surface area contributed by atoms with Gasteiger partial charge in [-0.15, -0.1) is 0 Å². The molecule has 4 N–H and O–H groups in total. The second-order valence-electron chi connectivity index (χ2n) is 8.36. The Balaban J connectivity index is 1.25. The van der Waals surface area contributed by atoms with E-state index < -0.39 is 23.6 Å². The molecule has 2 aromatic carbocycles. The van der Waals surface area contributed by atoms with Gasteiger partial charge in [0.1, 0.15) is 17.4 Å². The maximum absolute atomic E-state index is 13.5. The molecule has 9 nitrogen and oxygen atoms in total. The van der Waals surface area contributed by atoms with Crippen LogP contribution in [0.2, 0.25) is 0 Å². The molecule has 0 saturated carbocycles. The second-order valence-corrected chi connectivity index (χ2v) is 8.36. The highest BCUT2D eigenvalue weighted by atomic mass is 19.4. The number of nitrogens with zero attached hydrogens (tertiary/aromatic N) is 4. The maximum atomic E-state index is 13.5. The van der Waals surface area contributed by atoms with Crippen LogP contribution in [0, 0.1) is 5.82 Å². The van der Waals surface area contributed by atoms with Crippen molar-refractivity contribution >= 4 is 23.2 Å². The molecular weight excluding hydrogens is 530 g/mol. The molecule has 0 unspecified atom stereocenters. The molecule has 3 heterocycles. The monoisotopic (exact) mass is 549 g/mol. The highest BCUT2D eigenvalue weighted by Crippen LogP contribution is 2.33. The molecule has 0 atom stereocenters. The highest BCUT2D eigenvalue weighted by Gasteiger charge is 2.31. The van der Waals surface area contributed by atoms with Crippen LogP contribution >= 0.6 is 0 Å². The Morgan fingerprint density at radius 3 is 2.42 bits per heavy atom. The molecule has 0 aliphatic heterocycles. The molecule has 13 heteroatoms. The molecule has 5 aromatic rings. The van der Waals surface area contributed by atoms with Crippen molar-refractivity contribution in [1.82, 2.24) is 19.7 Å². The van der Waals surface area contributed by atoms with E-state index in [1.165, 1.54) is 47.5 Å². The number of benzene rings is 2. The number of ether oxygens (including phenoxy) is 1. The quantitative estimate of drug-likeness (QED) is 0.208. The van der Waals surface area contributed by atoms with E-state index in [1.807, 2.05) is 0 Å². The van der Waals surface area contributed by atoms with Crippen LogP contribution in [-0.4, -0.2) is 25.8 Å². The summed E-state index contributed by atoms with van der Waals surface area (Å²) in [5.74, 6) is 0.330. The highest BCUT2D eigenvalue weighted by molar-refractivity contribution is 6.01. The Kier molecular flexibility index (Phi) is 7.01. The molecule has 3 aromatic heterocycles. The molecule has 0 saturated heterocycles. The van der Waals surface area contributed by atoms with Gasteiger partial charge in [-0.1, -0.05) is 12.1 Å². The molecule has 2 amide bonds. The minimum atomic E-state index is -4.60.